The van der Waals surface area contributed by atoms with Crippen LogP contribution in [0, 0.1) is 17.4 Å². The zero-order valence-corrected chi connectivity index (χ0v) is 6.47. The molecule has 34 valence electrons. The third-order valence-corrected chi connectivity index (χ3v) is 0.209. The summed E-state index contributed by atoms with van der Waals surface area (Å²) in [5.74, 6) is 0. The molecule has 0 fully saturated rings. The Morgan fingerprint density at radius 3 is 2.14 bits per heavy atom. The van der Waals surface area contributed by atoms with Gasteiger partial charge in [0.2, 0.25) is 0 Å². The molecule has 0 bridgehead atoms. The van der Waals surface area contributed by atoms with E-state index in [2.05, 4.69) is 6.08 Å². The molecule has 0 atom stereocenters. The molecule has 0 aliphatic rings. The van der Waals surface area contributed by atoms with Crippen molar-refractivity contribution in [3.63, 3.8) is 0 Å². The Balaban J connectivity index is -0.0000000800. The Kier molecular flexibility index (Phi) is 36.7. The molecule has 3 heteroatoms. The first-order valence-electron chi connectivity index (χ1n) is 1.30. The van der Waals surface area contributed by atoms with E-state index in [4.69, 9.17) is 5.26 Å². The molecule has 0 radical (unpaired) electrons. The molecule has 7 heavy (non-hydrogen) atoms. The zero-order chi connectivity index (χ0) is 4.12. The first kappa shape index (κ1) is 15.7. The van der Waals surface area contributed by atoms with E-state index < -0.39 is 0 Å². The molecule has 0 saturated heterocycles. The molecular formula is C4H5NNaO-. The Morgan fingerprint density at radius 1 is 1.71 bits per heavy atom. The largest absolute Gasteiger partial charge is 1.00 e. The fourth-order valence-electron chi connectivity index (χ4n) is 0.0645. The molecule has 1 N–H and O–H groups in total. The average molecular weight is 106 g/mol. The maximum atomic E-state index is 7.70. The first-order valence-corrected chi connectivity index (χ1v) is 1.30. The van der Waals surface area contributed by atoms with E-state index in [-0.39, 0.29) is 35.0 Å². The normalized spacial score (nSPS) is 5.71. The summed E-state index contributed by atoms with van der Waals surface area (Å²) in [6.07, 6.45) is 3.84. The second kappa shape index (κ2) is 16.4. The van der Waals surface area contributed by atoms with Gasteiger partial charge >= 0.3 is 29.6 Å². The minimum absolute atomic E-state index is 0. The van der Waals surface area contributed by atoms with Crippen molar-refractivity contribution in [3.8, 4) is 6.07 Å². The van der Waals surface area contributed by atoms with Crippen molar-refractivity contribution in [3.05, 3.63) is 12.2 Å². The topological polar surface area (TPSA) is 53.8 Å². The van der Waals surface area contributed by atoms with Crippen LogP contribution in [0.15, 0.2) is 6.08 Å². The predicted molar refractivity (Wildman–Crippen MR) is 21.0 cm³/mol. The van der Waals surface area contributed by atoms with Gasteiger partial charge in [-0.15, -0.1) is 13.0 Å². The van der Waals surface area contributed by atoms with Gasteiger partial charge in [-0.3, -0.25) is 6.08 Å². The van der Waals surface area contributed by atoms with Gasteiger partial charge < -0.3 is 10.7 Å². The molecule has 0 rings (SSSR count). The molecule has 0 unspecified atom stereocenters. The summed E-state index contributed by atoms with van der Waals surface area (Å²) in [6, 6.07) is 1.78. The van der Waals surface area contributed by atoms with Gasteiger partial charge in [-0.2, -0.15) is 6.08 Å². The van der Waals surface area contributed by atoms with Crippen LogP contribution in [0.3, 0.4) is 0 Å². The maximum Gasteiger partial charge on any atom is 1.00 e. The van der Waals surface area contributed by atoms with Crippen LogP contribution in [0.25, 0.3) is 0 Å². The SMILES string of the molecule is C[C-]=CC#N.[Na+].[OH-]. The van der Waals surface area contributed by atoms with E-state index in [9.17, 15) is 0 Å². The van der Waals surface area contributed by atoms with Gasteiger partial charge in [0.15, 0.2) is 0 Å². The summed E-state index contributed by atoms with van der Waals surface area (Å²) in [5.41, 5.74) is 0. The van der Waals surface area contributed by atoms with E-state index in [0.717, 1.165) is 0 Å². The second-order valence-corrected chi connectivity index (χ2v) is 0.562. The summed E-state index contributed by atoms with van der Waals surface area (Å²) in [7, 11) is 0. The van der Waals surface area contributed by atoms with Crippen LogP contribution in [0.2, 0.25) is 0 Å². The van der Waals surface area contributed by atoms with Crippen LogP contribution in [0.1, 0.15) is 6.92 Å². The fraction of sp³-hybridized carbons (Fsp3) is 0.250. The predicted octanol–water partition coefficient (Wildman–Crippen LogP) is -2.28. The van der Waals surface area contributed by atoms with E-state index in [1.165, 1.54) is 6.08 Å². The molecule has 2 nitrogen and oxygen atoms in total. The Hall–Kier alpha value is 0.190. The van der Waals surface area contributed by atoms with Crippen molar-refractivity contribution in [2.24, 2.45) is 0 Å². The molecule has 0 aromatic carbocycles. The van der Waals surface area contributed by atoms with E-state index in [1.54, 1.807) is 13.0 Å². The van der Waals surface area contributed by atoms with Crippen molar-refractivity contribution in [1.29, 1.82) is 5.26 Å². The summed E-state index contributed by atoms with van der Waals surface area (Å²) in [5, 5.41) is 7.70. The van der Waals surface area contributed by atoms with Crippen molar-refractivity contribution in [2.45, 2.75) is 6.92 Å². The van der Waals surface area contributed by atoms with Crippen molar-refractivity contribution in [1.82, 2.24) is 0 Å². The molecule has 0 aromatic rings. The minimum atomic E-state index is 0. The van der Waals surface area contributed by atoms with Crippen LogP contribution in [0.5, 0.6) is 0 Å². The van der Waals surface area contributed by atoms with Crippen LogP contribution >= 0.6 is 0 Å². The van der Waals surface area contributed by atoms with Gasteiger partial charge in [0.05, 0.1) is 0 Å². The summed E-state index contributed by atoms with van der Waals surface area (Å²) < 4.78 is 0. The molecule has 0 saturated carbocycles. The smallest absolute Gasteiger partial charge is 0.870 e. The van der Waals surface area contributed by atoms with E-state index in [0.29, 0.717) is 0 Å². The average Bonchev–Trinajstić information content (AvgIpc) is 1.41. The Morgan fingerprint density at radius 2 is 2.14 bits per heavy atom. The molecule has 0 aromatic heterocycles. The van der Waals surface area contributed by atoms with E-state index >= 15 is 0 Å². The zero-order valence-electron chi connectivity index (χ0n) is 4.47. The quantitative estimate of drug-likeness (QED) is 0.198. The monoisotopic (exact) mass is 106 g/mol. The summed E-state index contributed by atoms with van der Waals surface area (Å²) in [4.78, 5) is 0. The summed E-state index contributed by atoms with van der Waals surface area (Å²) in [6.45, 7) is 1.68. The standard InChI is InChI=1S/C4H4N.Na.H2O/c1-2-3-4-5;;/h3H,1H3;;1H2/q-1;+1;/p-1. The van der Waals surface area contributed by atoms with Crippen molar-refractivity contribution < 1.29 is 35.0 Å². The molecule has 0 heterocycles. The van der Waals surface area contributed by atoms with Crippen LogP contribution in [-0.2, 0) is 0 Å². The van der Waals surface area contributed by atoms with Crippen LogP contribution < -0.4 is 29.6 Å². The maximum absolute atomic E-state index is 7.70. The number of nitriles is 1. The fourth-order valence-corrected chi connectivity index (χ4v) is 0.0645. The molecule has 0 spiro atoms. The molecular weight excluding hydrogens is 101 g/mol. The van der Waals surface area contributed by atoms with Gasteiger partial charge in [-0.05, 0) is 0 Å². The number of hydrogen-bond acceptors (Lipinski definition) is 2. The number of hydrogen-bond donors (Lipinski definition) is 0. The van der Waals surface area contributed by atoms with E-state index in [1.807, 2.05) is 0 Å². The Labute approximate surface area is 65.4 Å². The second-order valence-electron chi connectivity index (χ2n) is 0.562. The summed E-state index contributed by atoms with van der Waals surface area (Å²) >= 11 is 0. The first-order chi connectivity index (χ1) is 2.41. The van der Waals surface area contributed by atoms with Gasteiger partial charge in [0.1, 0.15) is 0 Å². The number of nitrogens with zero attached hydrogens (tertiary/aromatic N) is 1. The van der Waals surface area contributed by atoms with Gasteiger partial charge in [-0.25, -0.2) is 0 Å². The van der Waals surface area contributed by atoms with Gasteiger partial charge in [-0.1, -0.05) is 0 Å². The van der Waals surface area contributed by atoms with Crippen molar-refractivity contribution in [2.75, 3.05) is 0 Å². The minimum Gasteiger partial charge on any atom is -0.870 e. The third kappa shape index (κ3) is 22.7. The number of allylic oxidation sites excluding steroid dienone is 2. The number of rotatable bonds is 0. The molecule has 0 aliphatic carbocycles. The third-order valence-electron chi connectivity index (χ3n) is 0.209. The molecule has 0 amide bonds. The molecule has 0 aliphatic heterocycles. The van der Waals surface area contributed by atoms with Gasteiger partial charge in [0, 0.05) is 0 Å². The Bertz CT molecular complexity index is 74.2. The van der Waals surface area contributed by atoms with Gasteiger partial charge in [0.25, 0.3) is 0 Å². The van der Waals surface area contributed by atoms with Crippen molar-refractivity contribution >= 4 is 0 Å². The van der Waals surface area contributed by atoms with Crippen LogP contribution in [0.4, 0.5) is 0 Å². The van der Waals surface area contributed by atoms with Crippen LogP contribution in [-0.4, -0.2) is 5.48 Å².